The van der Waals surface area contributed by atoms with Crippen LogP contribution in [0.5, 0.6) is 0 Å². The first-order valence-electron chi connectivity index (χ1n) is 3.67. The quantitative estimate of drug-likeness (QED) is 0.503. The van der Waals surface area contributed by atoms with Gasteiger partial charge in [0, 0.05) is 12.6 Å². The van der Waals surface area contributed by atoms with Gasteiger partial charge < -0.3 is 35.0 Å². The number of hydrogen-bond acceptors (Lipinski definition) is 2. The largest absolute Gasteiger partial charge is 2.00 e. The minimum atomic E-state index is 0. The summed E-state index contributed by atoms with van der Waals surface area (Å²) in [4.78, 5) is 2.24. The van der Waals surface area contributed by atoms with Gasteiger partial charge in [0.15, 0.2) is 0 Å². The van der Waals surface area contributed by atoms with Gasteiger partial charge in [-0.3, -0.25) is 0 Å². The number of nitrogens with zero attached hydrogens (tertiary/aromatic N) is 1. The molecule has 0 saturated carbocycles. The van der Waals surface area contributed by atoms with Crippen molar-refractivity contribution in [2.45, 2.75) is 18.9 Å². The first-order valence-corrected chi connectivity index (χ1v) is 3.67. The molecule has 0 aliphatic carbocycles. The van der Waals surface area contributed by atoms with E-state index in [-0.39, 0.29) is 45.9 Å². The Balaban J connectivity index is -0.000000270. The maximum absolute atomic E-state index is 3.45. The van der Waals surface area contributed by atoms with Crippen molar-refractivity contribution in [1.29, 1.82) is 0 Å². The molecule has 0 aromatic rings. The van der Waals surface area contributed by atoms with Crippen LogP contribution in [0, 0.1) is 0 Å². The monoisotopic (exact) mass is 393 g/mol. The van der Waals surface area contributed by atoms with Gasteiger partial charge in [0.2, 0.25) is 0 Å². The van der Waals surface area contributed by atoms with Crippen LogP contribution in [0.1, 0.15) is 12.8 Å². The van der Waals surface area contributed by atoms with E-state index in [1.807, 2.05) is 0 Å². The zero-order chi connectivity index (χ0) is 6.69. The molecular weight excluding hydrogens is 378 g/mol. The zero-order valence-electron chi connectivity index (χ0n) is 7.43. The molecule has 0 aromatic carbocycles. The molecule has 1 rings (SSSR count). The topological polar surface area (TPSA) is 15.3 Å². The van der Waals surface area contributed by atoms with Gasteiger partial charge in [-0.25, -0.2) is 0 Å². The van der Waals surface area contributed by atoms with Crippen LogP contribution >= 0.6 is 0 Å². The van der Waals surface area contributed by atoms with E-state index in [0.717, 1.165) is 6.04 Å². The molecule has 0 amide bonds. The average molecular weight is 394 g/mol. The molecule has 1 saturated heterocycles. The summed E-state index contributed by atoms with van der Waals surface area (Å²) in [5, 5.41) is 3.45. The van der Waals surface area contributed by atoms with E-state index in [4.69, 9.17) is 0 Å². The summed E-state index contributed by atoms with van der Waals surface area (Å²) in [7, 11) is 4.25. The van der Waals surface area contributed by atoms with Gasteiger partial charge in [-0.15, -0.1) is 0 Å². The third-order valence-electron chi connectivity index (χ3n) is 1.75. The van der Waals surface area contributed by atoms with Gasteiger partial charge in [-0.05, 0) is 33.5 Å². The van der Waals surface area contributed by atoms with Crippen molar-refractivity contribution in [2.24, 2.45) is 0 Å². The molecule has 1 fully saturated rings. The summed E-state index contributed by atoms with van der Waals surface area (Å²) in [5.74, 6) is 0. The summed E-state index contributed by atoms with van der Waals surface area (Å²) >= 11 is 0. The van der Waals surface area contributed by atoms with Gasteiger partial charge >= 0.3 is 21.1 Å². The van der Waals surface area contributed by atoms with Gasteiger partial charge in [-0.2, -0.15) is 0 Å². The Kier molecular flexibility index (Phi) is 16.2. The van der Waals surface area contributed by atoms with Crippen LogP contribution in [-0.2, 0) is 21.1 Å². The third-order valence-corrected chi connectivity index (χ3v) is 1.75. The molecule has 1 unspecified atom stereocenters. The van der Waals surface area contributed by atoms with Gasteiger partial charge in [-0.1, -0.05) is 0 Å². The van der Waals surface area contributed by atoms with E-state index < -0.39 is 0 Å². The van der Waals surface area contributed by atoms with E-state index in [1.54, 1.807) is 0 Å². The molecule has 1 heterocycles. The fraction of sp³-hybridized carbons (Fsp3) is 1.00. The Hall–Kier alpha value is 1.19. The predicted octanol–water partition coefficient (Wildman–Crippen LogP) is -5.69. The SMILES string of the molecule is CN(C)CC1CCCN1.[Cl-].[Cl-].[Pt+2]. The molecule has 1 N–H and O–H groups in total. The fourth-order valence-electron chi connectivity index (χ4n) is 1.35. The molecule has 1 aliphatic heterocycles. The van der Waals surface area contributed by atoms with Crippen molar-refractivity contribution in [3.8, 4) is 0 Å². The second-order valence-corrected chi connectivity index (χ2v) is 3.06. The zero-order valence-corrected chi connectivity index (χ0v) is 11.2. The van der Waals surface area contributed by atoms with Crippen LogP contribution in [0.3, 0.4) is 0 Å². The Morgan fingerprint density at radius 3 is 2.25 bits per heavy atom. The van der Waals surface area contributed by atoms with Crippen molar-refractivity contribution >= 4 is 0 Å². The minimum absolute atomic E-state index is 0. The average Bonchev–Trinajstić information content (AvgIpc) is 2.15. The molecule has 2 nitrogen and oxygen atoms in total. The Morgan fingerprint density at radius 2 is 1.92 bits per heavy atom. The van der Waals surface area contributed by atoms with Crippen molar-refractivity contribution in [2.75, 3.05) is 27.2 Å². The smallest absolute Gasteiger partial charge is 1.00 e. The van der Waals surface area contributed by atoms with Crippen LogP contribution < -0.4 is 30.1 Å². The number of rotatable bonds is 2. The Morgan fingerprint density at radius 1 is 1.33 bits per heavy atom. The first-order chi connectivity index (χ1) is 4.29. The molecule has 1 aliphatic rings. The van der Waals surface area contributed by atoms with E-state index in [0.29, 0.717) is 0 Å². The normalized spacial score (nSPS) is 20.8. The van der Waals surface area contributed by atoms with E-state index in [1.165, 1.54) is 25.9 Å². The molecular formula is C7H16Cl2N2Pt. The molecule has 1 atom stereocenters. The maximum atomic E-state index is 3.45. The van der Waals surface area contributed by atoms with Gasteiger partial charge in [0.25, 0.3) is 0 Å². The van der Waals surface area contributed by atoms with Crippen LogP contribution in [0.15, 0.2) is 0 Å². The van der Waals surface area contributed by atoms with Crippen molar-refractivity contribution in [3.63, 3.8) is 0 Å². The molecule has 78 valence electrons. The minimum Gasteiger partial charge on any atom is -1.00 e. The molecule has 5 heteroatoms. The van der Waals surface area contributed by atoms with Crippen molar-refractivity contribution < 1.29 is 45.9 Å². The third kappa shape index (κ3) is 7.82. The second-order valence-electron chi connectivity index (χ2n) is 3.06. The van der Waals surface area contributed by atoms with Crippen molar-refractivity contribution in [1.82, 2.24) is 10.2 Å². The maximum Gasteiger partial charge on any atom is 2.00 e. The molecule has 12 heavy (non-hydrogen) atoms. The second kappa shape index (κ2) is 10.3. The van der Waals surface area contributed by atoms with Crippen LogP contribution in [-0.4, -0.2) is 38.1 Å². The number of nitrogens with one attached hydrogen (secondary N) is 1. The summed E-state index contributed by atoms with van der Waals surface area (Å²) in [6.45, 7) is 2.42. The van der Waals surface area contributed by atoms with Gasteiger partial charge in [0.05, 0.1) is 0 Å². The van der Waals surface area contributed by atoms with E-state index in [9.17, 15) is 0 Å². The fourth-order valence-corrected chi connectivity index (χ4v) is 1.35. The number of likely N-dealkylation sites (N-methyl/N-ethyl adjacent to an activating group) is 1. The summed E-state index contributed by atoms with van der Waals surface area (Å²) in [6.07, 6.45) is 2.72. The number of hydrogen-bond donors (Lipinski definition) is 1. The molecule has 0 bridgehead atoms. The summed E-state index contributed by atoms with van der Waals surface area (Å²) < 4.78 is 0. The first kappa shape index (κ1) is 18.9. The molecule has 0 radical (unpaired) electrons. The predicted molar refractivity (Wildman–Crippen MR) is 39.6 cm³/mol. The van der Waals surface area contributed by atoms with Crippen LogP contribution in [0.4, 0.5) is 0 Å². The van der Waals surface area contributed by atoms with Crippen LogP contribution in [0.25, 0.3) is 0 Å². The summed E-state index contributed by atoms with van der Waals surface area (Å²) in [6, 6.07) is 0.764. The Bertz CT molecular complexity index is 87.5. The molecule has 0 aromatic heterocycles. The standard InChI is InChI=1S/C7H16N2.2ClH.Pt/c1-9(2)6-7-4-3-5-8-7;;;/h7-8H,3-6H2,1-2H3;2*1H;/q;;;+2/p-2. The Labute approximate surface area is 102 Å². The van der Waals surface area contributed by atoms with Crippen LogP contribution in [0.2, 0.25) is 0 Å². The summed E-state index contributed by atoms with van der Waals surface area (Å²) in [5.41, 5.74) is 0. The van der Waals surface area contributed by atoms with E-state index in [2.05, 4.69) is 24.3 Å². The van der Waals surface area contributed by atoms with Gasteiger partial charge in [0.1, 0.15) is 0 Å². The number of halogens is 2. The van der Waals surface area contributed by atoms with Crippen molar-refractivity contribution in [3.05, 3.63) is 0 Å². The van der Waals surface area contributed by atoms with E-state index >= 15 is 0 Å². The molecule has 0 spiro atoms.